The molecule has 0 aliphatic heterocycles. The summed E-state index contributed by atoms with van der Waals surface area (Å²) in [6.45, 7) is 10.2. The molecule has 2 N–H and O–H groups in total. The van der Waals surface area contributed by atoms with Gasteiger partial charge in [0.2, 0.25) is 10.0 Å². The van der Waals surface area contributed by atoms with Gasteiger partial charge in [-0.05, 0) is 99.9 Å². The van der Waals surface area contributed by atoms with Gasteiger partial charge in [0.25, 0.3) is 0 Å². The van der Waals surface area contributed by atoms with Crippen LogP contribution in [0.2, 0.25) is 0 Å². The van der Waals surface area contributed by atoms with E-state index >= 15 is 0 Å². The number of aryl methyl sites for hydroxylation is 1. The van der Waals surface area contributed by atoms with Gasteiger partial charge in [0, 0.05) is 17.9 Å². The van der Waals surface area contributed by atoms with Gasteiger partial charge in [-0.2, -0.15) is 0 Å². The largest absolute Gasteiger partial charge is 0.381 e. The first-order valence-electron chi connectivity index (χ1n) is 9.55. The van der Waals surface area contributed by atoms with Crippen LogP contribution in [-0.4, -0.2) is 13.2 Å². The first-order valence-corrected chi connectivity index (χ1v) is 11.0. The predicted octanol–water partition coefficient (Wildman–Crippen LogP) is 4.94. The van der Waals surface area contributed by atoms with Crippen LogP contribution >= 0.6 is 0 Å². The van der Waals surface area contributed by atoms with E-state index in [9.17, 15) is 8.42 Å². The van der Waals surface area contributed by atoms with Gasteiger partial charge in [0.1, 0.15) is 0 Å². The Balaban J connectivity index is 1.69. The van der Waals surface area contributed by atoms with E-state index in [4.69, 9.17) is 0 Å². The van der Waals surface area contributed by atoms with Crippen molar-refractivity contribution < 1.29 is 8.42 Å². The highest BCUT2D eigenvalue weighted by atomic mass is 32.2. The molecule has 146 valence electrons. The first kappa shape index (κ1) is 19.7. The number of hydrogen-bond donors (Lipinski definition) is 2. The first-order chi connectivity index (χ1) is 12.6. The monoisotopic (exact) mass is 386 g/mol. The lowest BCUT2D eigenvalue weighted by molar-refractivity contribution is 0.566. The molecule has 1 aliphatic carbocycles. The molecule has 4 nitrogen and oxygen atoms in total. The van der Waals surface area contributed by atoms with E-state index in [0.717, 1.165) is 5.56 Å². The molecular weight excluding hydrogens is 356 g/mol. The standard InChI is InChI=1S/C22H30N2O2S/c1-15-13-21(16(2)20-8-6-7-19(15)20)23-14-17-9-11-18(12-10-17)24-27(25,26)22(3,4)5/h9-13,23-24H,6-8,14H2,1-5H3. The summed E-state index contributed by atoms with van der Waals surface area (Å²) in [6.07, 6.45) is 3.64. The van der Waals surface area contributed by atoms with Gasteiger partial charge in [-0.3, -0.25) is 4.72 Å². The fourth-order valence-electron chi connectivity index (χ4n) is 3.55. The van der Waals surface area contributed by atoms with E-state index in [1.165, 1.54) is 47.2 Å². The van der Waals surface area contributed by atoms with E-state index in [-0.39, 0.29) is 0 Å². The molecule has 0 amide bonds. The highest BCUT2D eigenvalue weighted by Crippen LogP contribution is 2.33. The Bertz CT molecular complexity index is 940. The molecule has 1 aliphatic rings. The normalized spacial score (nSPS) is 14.1. The van der Waals surface area contributed by atoms with Crippen molar-refractivity contribution in [3.05, 3.63) is 58.1 Å². The van der Waals surface area contributed by atoms with Crippen molar-refractivity contribution in [1.29, 1.82) is 0 Å². The molecule has 27 heavy (non-hydrogen) atoms. The fraction of sp³-hybridized carbons (Fsp3) is 0.455. The lowest BCUT2D eigenvalue weighted by Crippen LogP contribution is -2.33. The van der Waals surface area contributed by atoms with Gasteiger partial charge < -0.3 is 5.32 Å². The molecule has 0 heterocycles. The molecule has 0 spiro atoms. The number of rotatable bonds is 5. The van der Waals surface area contributed by atoms with Crippen molar-refractivity contribution >= 4 is 21.4 Å². The minimum absolute atomic E-state index is 0.596. The molecule has 0 unspecified atom stereocenters. The lowest BCUT2D eigenvalue weighted by atomic mass is 9.97. The number of fused-ring (bicyclic) bond motifs is 1. The van der Waals surface area contributed by atoms with Gasteiger partial charge in [-0.25, -0.2) is 8.42 Å². The smallest absolute Gasteiger partial charge is 0.237 e. The van der Waals surface area contributed by atoms with Crippen molar-refractivity contribution in [1.82, 2.24) is 0 Å². The molecule has 0 saturated heterocycles. The van der Waals surface area contributed by atoms with Crippen LogP contribution in [0.3, 0.4) is 0 Å². The summed E-state index contributed by atoms with van der Waals surface area (Å²) in [7, 11) is -3.40. The van der Waals surface area contributed by atoms with Crippen molar-refractivity contribution in [2.75, 3.05) is 10.0 Å². The average molecular weight is 387 g/mol. The summed E-state index contributed by atoms with van der Waals surface area (Å²) in [5.74, 6) is 0. The molecule has 2 aromatic rings. The zero-order chi connectivity index (χ0) is 19.8. The van der Waals surface area contributed by atoms with Gasteiger partial charge in [0.15, 0.2) is 0 Å². The van der Waals surface area contributed by atoms with Crippen LogP contribution in [0.1, 0.15) is 55.0 Å². The number of anilines is 2. The van der Waals surface area contributed by atoms with E-state index in [2.05, 4.69) is 30.0 Å². The van der Waals surface area contributed by atoms with E-state index in [1.54, 1.807) is 20.8 Å². The fourth-order valence-corrected chi connectivity index (χ4v) is 4.30. The Hall–Kier alpha value is -2.01. The minimum Gasteiger partial charge on any atom is -0.381 e. The predicted molar refractivity (Wildman–Crippen MR) is 114 cm³/mol. The van der Waals surface area contributed by atoms with Crippen molar-refractivity contribution in [3.63, 3.8) is 0 Å². The summed E-state index contributed by atoms with van der Waals surface area (Å²) in [6, 6.07) is 9.82. The van der Waals surface area contributed by atoms with Crippen molar-refractivity contribution in [2.45, 2.75) is 65.2 Å². The minimum atomic E-state index is -3.40. The number of benzene rings is 2. The summed E-state index contributed by atoms with van der Waals surface area (Å²) in [5.41, 5.74) is 8.71. The van der Waals surface area contributed by atoms with E-state index in [1.807, 2.05) is 24.3 Å². The third kappa shape index (κ3) is 4.13. The van der Waals surface area contributed by atoms with Crippen LogP contribution in [0.25, 0.3) is 0 Å². The summed E-state index contributed by atoms with van der Waals surface area (Å²) < 4.78 is 26.3. The van der Waals surface area contributed by atoms with Gasteiger partial charge in [0.05, 0.1) is 4.75 Å². The zero-order valence-corrected chi connectivity index (χ0v) is 17.8. The molecule has 3 rings (SSSR count). The number of nitrogens with one attached hydrogen (secondary N) is 2. The molecular formula is C22H30N2O2S. The molecule has 0 bridgehead atoms. The molecule has 5 heteroatoms. The Morgan fingerprint density at radius 2 is 1.63 bits per heavy atom. The molecule has 0 atom stereocenters. The molecule has 0 radical (unpaired) electrons. The van der Waals surface area contributed by atoms with Crippen LogP contribution in [0.5, 0.6) is 0 Å². The highest BCUT2D eigenvalue weighted by Gasteiger charge is 2.28. The third-order valence-electron chi connectivity index (χ3n) is 5.41. The Morgan fingerprint density at radius 1 is 1.00 bits per heavy atom. The summed E-state index contributed by atoms with van der Waals surface area (Å²) in [5, 5.41) is 3.55. The molecule has 0 saturated carbocycles. The van der Waals surface area contributed by atoms with Gasteiger partial charge in [-0.15, -0.1) is 0 Å². The molecule has 2 aromatic carbocycles. The van der Waals surface area contributed by atoms with Gasteiger partial charge in [-0.1, -0.05) is 12.1 Å². The van der Waals surface area contributed by atoms with Crippen LogP contribution in [0, 0.1) is 13.8 Å². The highest BCUT2D eigenvalue weighted by molar-refractivity contribution is 7.94. The van der Waals surface area contributed by atoms with Crippen LogP contribution in [-0.2, 0) is 29.4 Å². The van der Waals surface area contributed by atoms with Crippen LogP contribution in [0.15, 0.2) is 30.3 Å². The number of hydrogen-bond acceptors (Lipinski definition) is 3. The lowest BCUT2D eigenvalue weighted by Gasteiger charge is -2.20. The maximum Gasteiger partial charge on any atom is 0.237 e. The van der Waals surface area contributed by atoms with E-state index < -0.39 is 14.8 Å². The Labute approximate surface area is 163 Å². The Kier molecular flexibility index (Phi) is 5.26. The second kappa shape index (κ2) is 7.19. The van der Waals surface area contributed by atoms with Crippen molar-refractivity contribution in [3.8, 4) is 0 Å². The quantitative estimate of drug-likeness (QED) is 0.765. The van der Waals surface area contributed by atoms with Crippen molar-refractivity contribution in [2.24, 2.45) is 0 Å². The molecule has 0 aromatic heterocycles. The second-order valence-corrected chi connectivity index (χ2v) is 10.9. The summed E-state index contributed by atoms with van der Waals surface area (Å²) in [4.78, 5) is 0. The third-order valence-corrected chi connectivity index (χ3v) is 7.52. The Morgan fingerprint density at radius 3 is 2.26 bits per heavy atom. The summed E-state index contributed by atoms with van der Waals surface area (Å²) >= 11 is 0. The zero-order valence-electron chi connectivity index (χ0n) is 16.9. The van der Waals surface area contributed by atoms with Crippen LogP contribution in [0.4, 0.5) is 11.4 Å². The van der Waals surface area contributed by atoms with Crippen LogP contribution < -0.4 is 10.0 Å². The molecule has 0 fully saturated rings. The maximum atomic E-state index is 12.3. The topological polar surface area (TPSA) is 58.2 Å². The van der Waals surface area contributed by atoms with Gasteiger partial charge >= 0.3 is 0 Å². The van der Waals surface area contributed by atoms with E-state index in [0.29, 0.717) is 12.2 Å². The SMILES string of the molecule is Cc1cc(NCc2ccc(NS(=O)(=O)C(C)(C)C)cc2)c(C)c2c1CCC2. The number of sulfonamides is 1. The maximum absolute atomic E-state index is 12.3. The second-order valence-electron chi connectivity index (χ2n) is 8.45. The average Bonchev–Trinajstić information content (AvgIpc) is 3.07.